The molecular weight excluding hydrogens is 203 g/mol. The van der Waals surface area contributed by atoms with E-state index in [2.05, 4.69) is 31.0 Å². The lowest BCUT2D eigenvalue weighted by atomic mass is 9.86. The highest BCUT2D eigenvalue weighted by atomic mass is 19.1. The molecule has 96 valence electrons. The highest BCUT2D eigenvalue weighted by Gasteiger charge is 2.38. The third-order valence-corrected chi connectivity index (χ3v) is 4.14. The Morgan fingerprint density at radius 3 is 2.50 bits per heavy atom. The van der Waals surface area contributed by atoms with Crippen LogP contribution in [0.4, 0.5) is 4.39 Å². The van der Waals surface area contributed by atoms with E-state index < -0.39 is 0 Å². The van der Waals surface area contributed by atoms with Crippen molar-refractivity contribution in [1.82, 2.24) is 10.2 Å². The lowest BCUT2D eigenvalue weighted by Crippen LogP contribution is -2.64. The predicted octanol–water partition coefficient (Wildman–Crippen LogP) is 2.59. The smallest absolute Gasteiger partial charge is 0.102 e. The number of hydrogen-bond acceptors (Lipinski definition) is 2. The number of halogens is 1. The van der Waals surface area contributed by atoms with Gasteiger partial charge in [0.15, 0.2) is 0 Å². The lowest BCUT2D eigenvalue weighted by Gasteiger charge is -2.49. The third kappa shape index (κ3) is 2.95. The molecule has 1 atom stereocenters. The van der Waals surface area contributed by atoms with Crippen LogP contribution in [0.15, 0.2) is 0 Å². The second-order valence-electron chi connectivity index (χ2n) is 4.93. The van der Waals surface area contributed by atoms with E-state index in [1.807, 2.05) is 0 Å². The second kappa shape index (κ2) is 6.55. The minimum Gasteiger partial charge on any atom is -0.311 e. The van der Waals surface area contributed by atoms with Gasteiger partial charge in [0, 0.05) is 31.2 Å². The highest BCUT2D eigenvalue weighted by Crippen LogP contribution is 2.27. The van der Waals surface area contributed by atoms with Gasteiger partial charge in [0.1, 0.15) is 6.67 Å². The van der Waals surface area contributed by atoms with Crippen LogP contribution in [0.2, 0.25) is 0 Å². The Morgan fingerprint density at radius 1 is 1.31 bits per heavy atom. The van der Waals surface area contributed by atoms with Crippen molar-refractivity contribution in [3.8, 4) is 0 Å². The SMILES string of the molecule is CCCC1CN(CCF)C(CC)(CC)CN1. The van der Waals surface area contributed by atoms with Gasteiger partial charge in [-0.3, -0.25) is 4.90 Å². The molecule has 0 aromatic rings. The van der Waals surface area contributed by atoms with Gasteiger partial charge in [-0.25, -0.2) is 4.39 Å². The Hall–Kier alpha value is -0.150. The molecule has 2 nitrogen and oxygen atoms in total. The molecule has 1 N–H and O–H groups in total. The molecule has 1 heterocycles. The molecule has 0 spiro atoms. The molecule has 0 saturated carbocycles. The number of alkyl halides is 1. The number of hydrogen-bond donors (Lipinski definition) is 1. The first-order chi connectivity index (χ1) is 7.72. The van der Waals surface area contributed by atoms with E-state index in [-0.39, 0.29) is 12.2 Å². The van der Waals surface area contributed by atoms with Gasteiger partial charge >= 0.3 is 0 Å². The van der Waals surface area contributed by atoms with Crippen molar-refractivity contribution in [2.45, 2.75) is 58.0 Å². The van der Waals surface area contributed by atoms with E-state index in [0.29, 0.717) is 12.6 Å². The maximum absolute atomic E-state index is 12.6. The van der Waals surface area contributed by atoms with Gasteiger partial charge in [-0.15, -0.1) is 0 Å². The normalized spacial score (nSPS) is 25.9. The Bertz CT molecular complexity index is 192. The summed E-state index contributed by atoms with van der Waals surface area (Å²) in [6.07, 6.45) is 4.61. The molecule has 1 fully saturated rings. The number of piperazine rings is 1. The Morgan fingerprint density at radius 2 is 2.00 bits per heavy atom. The summed E-state index contributed by atoms with van der Waals surface area (Å²) < 4.78 is 12.6. The van der Waals surface area contributed by atoms with E-state index in [1.165, 1.54) is 12.8 Å². The van der Waals surface area contributed by atoms with E-state index >= 15 is 0 Å². The summed E-state index contributed by atoms with van der Waals surface area (Å²) in [5, 5.41) is 3.64. The molecule has 0 bridgehead atoms. The van der Waals surface area contributed by atoms with Crippen molar-refractivity contribution in [3.63, 3.8) is 0 Å². The monoisotopic (exact) mass is 230 g/mol. The van der Waals surface area contributed by atoms with Crippen LogP contribution >= 0.6 is 0 Å². The first-order valence-corrected chi connectivity index (χ1v) is 6.76. The predicted molar refractivity (Wildman–Crippen MR) is 67.6 cm³/mol. The topological polar surface area (TPSA) is 15.3 Å². The Labute approximate surface area is 99.6 Å². The van der Waals surface area contributed by atoms with Crippen LogP contribution in [-0.4, -0.2) is 42.8 Å². The maximum atomic E-state index is 12.6. The van der Waals surface area contributed by atoms with Gasteiger partial charge < -0.3 is 5.32 Å². The van der Waals surface area contributed by atoms with Crippen molar-refractivity contribution in [1.29, 1.82) is 0 Å². The average Bonchev–Trinajstić information content (AvgIpc) is 2.31. The van der Waals surface area contributed by atoms with Crippen molar-refractivity contribution >= 4 is 0 Å². The van der Waals surface area contributed by atoms with Gasteiger partial charge in [0.25, 0.3) is 0 Å². The van der Waals surface area contributed by atoms with E-state index in [1.54, 1.807) is 0 Å². The summed E-state index contributed by atoms with van der Waals surface area (Å²) >= 11 is 0. The minimum atomic E-state index is -0.222. The molecule has 1 aliphatic heterocycles. The highest BCUT2D eigenvalue weighted by molar-refractivity contribution is 4.97. The molecule has 0 amide bonds. The van der Waals surface area contributed by atoms with E-state index in [4.69, 9.17) is 0 Å². The standard InChI is InChI=1S/C13H27FN2/c1-4-7-12-10-16(9-8-14)13(5-2,6-3)11-15-12/h12,15H,4-11H2,1-3H3. The summed E-state index contributed by atoms with van der Waals surface area (Å²) in [5.74, 6) is 0. The fourth-order valence-electron chi connectivity index (χ4n) is 2.89. The van der Waals surface area contributed by atoms with E-state index in [0.717, 1.165) is 25.9 Å². The Kier molecular flexibility index (Phi) is 5.70. The van der Waals surface area contributed by atoms with Crippen LogP contribution < -0.4 is 5.32 Å². The second-order valence-corrected chi connectivity index (χ2v) is 4.93. The summed E-state index contributed by atoms with van der Waals surface area (Å²) in [6.45, 7) is 9.06. The molecule has 16 heavy (non-hydrogen) atoms. The summed E-state index contributed by atoms with van der Waals surface area (Å²) in [6, 6.07) is 0.558. The first kappa shape index (κ1) is 13.9. The van der Waals surface area contributed by atoms with Crippen LogP contribution in [0, 0.1) is 0 Å². The van der Waals surface area contributed by atoms with Gasteiger partial charge in [-0.1, -0.05) is 27.2 Å². The van der Waals surface area contributed by atoms with E-state index in [9.17, 15) is 4.39 Å². The fraction of sp³-hybridized carbons (Fsp3) is 1.00. The van der Waals surface area contributed by atoms with Crippen LogP contribution in [0.25, 0.3) is 0 Å². The number of rotatable bonds is 6. The minimum absolute atomic E-state index is 0.191. The van der Waals surface area contributed by atoms with Crippen LogP contribution in [0.1, 0.15) is 46.5 Å². The molecule has 1 saturated heterocycles. The zero-order valence-electron chi connectivity index (χ0n) is 11.1. The Balaban J connectivity index is 2.65. The zero-order chi connectivity index (χ0) is 12.0. The van der Waals surface area contributed by atoms with Crippen molar-refractivity contribution in [2.75, 3.05) is 26.3 Å². The quantitative estimate of drug-likeness (QED) is 0.754. The molecular formula is C13H27FN2. The summed E-state index contributed by atoms with van der Waals surface area (Å²) in [4.78, 5) is 2.38. The molecule has 0 radical (unpaired) electrons. The maximum Gasteiger partial charge on any atom is 0.102 e. The number of nitrogens with one attached hydrogen (secondary N) is 1. The molecule has 0 aliphatic carbocycles. The summed E-state index contributed by atoms with van der Waals surface area (Å²) in [7, 11) is 0. The van der Waals surface area contributed by atoms with Gasteiger partial charge in [0.05, 0.1) is 0 Å². The molecule has 0 aromatic carbocycles. The fourth-order valence-corrected chi connectivity index (χ4v) is 2.89. The summed E-state index contributed by atoms with van der Waals surface area (Å²) in [5.41, 5.74) is 0.191. The van der Waals surface area contributed by atoms with Crippen LogP contribution in [-0.2, 0) is 0 Å². The molecule has 1 aliphatic rings. The third-order valence-electron chi connectivity index (χ3n) is 4.14. The van der Waals surface area contributed by atoms with Crippen LogP contribution in [0.5, 0.6) is 0 Å². The van der Waals surface area contributed by atoms with Crippen molar-refractivity contribution in [2.24, 2.45) is 0 Å². The largest absolute Gasteiger partial charge is 0.311 e. The van der Waals surface area contributed by atoms with Gasteiger partial charge in [0.2, 0.25) is 0 Å². The molecule has 1 rings (SSSR count). The van der Waals surface area contributed by atoms with Crippen LogP contribution in [0.3, 0.4) is 0 Å². The zero-order valence-corrected chi connectivity index (χ0v) is 11.1. The van der Waals surface area contributed by atoms with Gasteiger partial charge in [-0.2, -0.15) is 0 Å². The van der Waals surface area contributed by atoms with Gasteiger partial charge in [-0.05, 0) is 19.3 Å². The van der Waals surface area contributed by atoms with Crippen molar-refractivity contribution in [3.05, 3.63) is 0 Å². The number of nitrogens with zero attached hydrogens (tertiary/aromatic N) is 1. The first-order valence-electron chi connectivity index (χ1n) is 6.76. The molecule has 0 aromatic heterocycles. The van der Waals surface area contributed by atoms with Crippen molar-refractivity contribution < 1.29 is 4.39 Å². The molecule has 1 unspecified atom stereocenters. The lowest BCUT2D eigenvalue weighted by molar-refractivity contribution is 0.0254. The molecule has 3 heteroatoms. The average molecular weight is 230 g/mol.